The summed E-state index contributed by atoms with van der Waals surface area (Å²) in [5.41, 5.74) is 2.63. The van der Waals surface area contributed by atoms with Gasteiger partial charge in [0.05, 0.1) is 13.2 Å². The summed E-state index contributed by atoms with van der Waals surface area (Å²) in [6, 6.07) is 8.68. The van der Waals surface area contributed by atoms with Crippen molar-refractivity contribution in [2.75, 3.05) is 52.3 Å². The molecule has 3 nitrogen and oxygen atoms in total. The average molecular weight is 266 g/mol. The van der Waals surface area contributed by atoms with Crippen LogP contribution in [-0.2, 0) is 4.74 Å². The summed E-state index contributed by atoms with van der Waals surface area (Å²) in [7, 11) is 6.00. The molecule has 0 unspecified atom stereocenters. The summed E-state index contributed by atoms with van der Waals surface area (Å²) in [4.78, 5) is 4.36. The molecule has 1 aromatic carbocycles. The van der Waals surface area contributed by atoms with E-state index in [4.69, 9.17) is 4.74 Å². The lowest BCUT2D eigenvalue weighted by Crippen LogP contribution is -2.36. The molecule has 1 aromatic rings. The van der Waals surface area contributed by atoms with Crippen LogP contribution >= 0.6 is 0 Å². The minimum absolute atomic E-state index is 0.855. The van der Waals surface area contributed by atoms with Gasteiger partial charge >= 0.3 is 0 Å². The molecule has 0 atom stereocenters. The van der Waals surface area contributed by atoms with E-state index < -0.39 is 0 Å². The first kappa shape index (κ1) is 17.9. The Balaban J connectivity index is 0.000000467. The van der Waals surface area contributed by atoms with Gasteiger partial charge in [0.2, 0.25) is 0 Å². The Bertz CT molecular complexity index is 300. The quantitative estimate of drug-likeness (QED) is 0.777. The fourth-order valence-corrected chi connectivity index (χ4v) is 1.58. The second-order valence-corrected chi connectivity index (χ2v) is 4.78. The van der Waals surface area contributed by atoms with E-state index in [0.29, 0.717) is 0 Å². The van der Waals surface area contributed by atoms with Crippen molar-refractivity contribution < 1.29 is 4.74 Å². The number of hydrogen-bond acceptors (Lipinski definition) is 3. The summed E-state index contributed by atoms with van der Waals surface area (Å²) in [6.45, 7) is 9.86. The van der Waals surface area contributed by atoms with E-state index in [1.54, 1.807) is 0 Å². The molecular formula is C16H30N2O. The summed E-state index contributed by atoms with van der Waals surface area (Å²) in [6.07, 6.45) is 0. The van der Waals surface area contributed by atoms with Crippen LogP contribution < -0.4 is 4.90 Å². The molecule has 1 aliphatic rings. The van der Waals surface area contributed by atoms with Gasteiger partial charge in [-0.25, -0.2) is 0 Å². The molecule has 2 rings (SSSR count). The second kappa shape index (κ2) is 10.8. The summed E-state index contributed by atoms with van der Waals surface area (Å²) in [5.74, 6) is 0. The maximum atomic E-state index is 5.30. The fraction of sp³-hybridized carbons (Fsp3) is 0.625. The number of aryl methyl sites for hydroxylation is 1. The van der Waals surface area contributed by atoms with Crippen LogP contribution in [0.25, 0.3) is 0 Å². The minimum atomic E-state index is 0.855. The Morgan fingerprint density at radius 2 is 1.37 bits per heavy atom. The lowest BCUT2D eigenvalue weighted by atomic mass is 10.2. The average Bonchev–Trinajstić information content (AvgIpc) is 2.42. The molecule has 0 N–H and O–H groups in total. The Morgan fingerprint density at radius 1 is 0.947 bits per heavy atom. The number of hydrogen-bond donors (Lipinski definition) is 0. The first-order valence-corrected chi connectivity index (χ1v) is 7.10. The van der Waals surface area contributed by atoms with Crippen molar-refractivity contribution in [3.8, 4) is 0 Å². The molecule has 0 saturated carbocycles. The zero-order chi connectivity index (χ0) is 14.7. The molecular weight excluding hydrogens is 236 g/mol. The molecule has 0 bridgehead atoms. The van der Waals surface area contributed by atoms with Crippen LogP contribution in [0, 0.1) is 6.92 Å². The molecule has 1 saturated heterocycles. The van der Waals surface area contributed by atoms with Crippen LogP contribution in [0.5, 0.6) is 0 Å². The highest BCUT2D eigenvalue weighted by Gasteiger charge is 2.09. The van der Waals surface area contributed by atoms with E-state index in [2.05, 4.69) is 36.1 Å². The van der Waals surface area contributed by atoms with Gasteiger partial charge in [0.15, 0.2) is 0 Å². The molecule has 19 heavy (non-hydrogen) atoms. The SMILES string of the molecule is CC.CN(C)C.Cc1ccc(N2CCOCC2)cc1. The summed E-state index contributed by atoms with van der Waals surface area (Å²) < 4.78 is 5.30. The zero-order valence-corrected chi connectivity index (χ0v) is 13.4. The molecule has 0 amide bonds. The highest BCUT2D eigenvalue weighted by atomic mass is 16.5. The Hall–Kier alpha value is -1.06. The first-order valence-electron chi connectivity index (χ1n) is 7.10. The number of rotatable bonds is 1. The van der Waals surface area contributed by atoms with E-state index in [0.717, 1.165) is 26.3 Å². The van der Waals surface area contributed by atoms with Gasteiger partial charge in [0, 0.05) is 18.8 Å². The standard InChI is InChI=1S/C11H15NO.C3H9N.C2H6/c1-10-2-4-11(5-3-10)12-6-8-13-9-7-12;1-4(2)3;1-2/h2-5H,6-9H2,1H3;1-3H3;1-2H3. The van der Waals surface area contributed by atoms with Gasteiger partial charge in [0.25, 0.3) is 0 Å². The van der Waals surface area contributed by atoms with Gasteiger partial charge < -0.3 is 14.5 Å². The highest BCUT2D eigenvalue weighted by molar-refractivity contribution is 5.47. The van der Waals surface area contributed by atoms with Crippen LogP contribution in [0.1, 0.15) is 19.4 Å². The van der Waals surface area contributed by atoms with Crippen LogP contribution in [0.3, 0.4) is 0 Å². The Morgan fingerprint density at radius 3 is 1.79 bits per heavy atom. The minimum Gasteiger partial charge on any atom is -0.378 e. The van der Waals surface area contributed by atoms with Gasteiger partial charge in [-0.1, -0.05) is 31.5 Å². The van der Waals surface area contributed by atoms with Gasteiger partial charge in [0.1, 0.15) is 0 Å². The monoisotopic (exact) mass is 266 g/mol. The molecule has 1 aliphatic heterocycles. The normalized spacial score (nSPS) is 14.2. The first-order chi connectivity index (χ1) is 9.09. The van der Waals surface area contributed by atoms with Crippen molar-refractivity contribution in [2.24, 2.45) is 0 Å². The second-order valence-electron chi connectivity index (χ2n) is 4.78. The van der Waals surface area contributed by atoms with Crippen LogP contribution in [0.15, 0.2) is 24.3 Å². The van der Waals surface area contributed by atoms with E-state index in [-0.39, 0.29) is 0 Å². The highest BCUT2D eigenvalue weighted by Crippen LogP contribution is 2.15. The molecule has 0 aromatic heterocycles. The molecule has 1 heterocycles. The van der Waals surface area contributed by atoms with Gasteiger partial charge in [-0.2, -0.15) is 0 Å². The van der Waals surface area contributed by atoms with E-state index in [1.165, 1.54) is 11.3 Å². The number of morpholine rings is 1. The van der Waals surface area contributed by atoms with E-state index >= 15 is 0 Å². The van der Waals surface area contributed by atoms with Crippen molar-refractivity contribution in [1.29, 1.82) is 0 Å². The largest absolute Gasteiger partial charge is 0.378 e. The molecule has 0 aliphatic carbocycles. The molecule has 1 fully saturated rings. The van der Waals surface area contributed by atoms with Crippen LogP contribution in [-0.4, -0.2) is 52.3 Å². The maximum absolute atomic E-state index is 5.30. The maximum Gasteiger partial charge on any atom is 0.0642 e. The lowest BCUT2D eigenvalue weighted by Gasteiger charge is -2.28. The van der Waals surface area contributed by atoms with Crippen molar-refractivity contribution in [2.45, 2.75) is 20.8 Å². The van der Waals surface area contributed by atoms with Gasteiger partial charge in [-0.15, -0.1) is 0 Å². The third-order valence-corrected chi connectivity index (χ3v) is 2.41. The molecule has 110 valence electrons. The van der Waals surface area contributed by atoms with E-state index in [1.807, 2.05) is 39.9 Å². The third kappa shape index (κ3) is 8.62. The fourth-order valence-electron chi connectivity index (χ4n) is 1.58. The predicted molar refractivity (Wildman–Crippen MR) is 85.2 cm³/mol. The summed E-state index contributed by atoms with van der Waals surface area (Å²) in [5, 5.41) is 0. The molecule has 0 spiro atoms. The summed E-state index contributed by atoms with van der Waals surface area (Å²) >= 11 is 0. The number of ether oxygens (including phenoxy) is 1. The smallest absolute Gasteiger partial charge is 0.0642 e. The van der Waals surface area contributed by atoms with Gasteiger partial charge in [-0.05, 0) is 40.2 Å². The Kier molecular flexibility index (Phi) is 10.2. The Labute approximate surface area is 119 Å². The zero-order valence-electron chi connectivity index (χ0n) is 13.4. The number of nitrogens with zero attached hydrogens (tertiary/aromatic N) is 2. The number of benzene rings is 1. The lowest BCUT2D eigenvalue weighted by molar-refractivity contribution is 0.122. The number of anilines is 1. The molecule has 0 radical (unpaired) electrons. The van der Waals surface area contributed by atoms with Crippen LogP contribution in [0.2, 0.25) is 0 Å². The molecule has 3 heteroatoms. The van der Waals surface area contributed by atoms with Crippen molar-refractivity contribution in [1.82, 2.24) is 4.90 Å². The van der Waals surface area contributed by atoms with E-state index in [9.17, 15) is 0 Å². The topological polar surface area (TPSA) is 15.7 Å². The van der Waals surface area contributed by atoms with Gasteiger partial charge in [-0.3, -0.25) is 0 Å². The van der Waals surface area contributed by atoms with Crippen molar-refractivity contribution >= 4 is 5.69 Å². The third-order valence-electron chi connectivity index (χ3n) is 2.41. The van der Waals surface area contributed by atoms with Crippen molar-refractivity contribution in [3.05, 3.63) is 29.8 Å². The predicted octanol–water partition coefficient (Wildman–Crippen LogP) is 3.04. The van der Waals surface area contributed by atoms with Crippen LogP contribution in [0.4, 0.5) is 5.69 Å². The van der Waals surface area contributed by atoms with Crippen molar-refractivity contribution in [3.63, 3.8) is 0 Å².